The third-order valence-electron chi connectivity index (χ3n) is 5.34. The predicted molar refractivity (Wildman–Crippen MR) is 118 cm³/mol. The summed E-state index contributed by atoms with van der Waals surface area (Å²) >= 11 is 0. The first-order chi connectivity index (χ1) is 15.5. The Balaban J connectivity index is 1.68. The number of benzene rings is 2. The fraction of sp³-hybridized carbons (Fsp3) is 0.500. The molecule has 2 aromatic rings. The van der Waals surface area contributed by atoms with Crippen LogP contribution < -0.4 is 18.9 Å². The number of aliphatic hydroxyl groups is 1. The summed E-state index contributed by atoms with van der Waals surface area (Å²) in [7, 11) is 4.74. The highest BCUT2D eigenvalue weighted by Gasteiger charge is 2.23. The SMILES string of the molecule is COc1cc(CN(CC(O)COc2ccc(F)cc2)CC2CCCO2)cc(OC)c1OC. The van der Waals surface area contributed by atoms with Gasteiger partial charge in [-0.15, -0.1) is 0 Å². The summed E-state index contributed by atoms with van der Waals surface area (Å²) in [6, 6.07) is 9.56. The van der Waals surface area contributed by atoms with Gasteiger partial charge in [0, 0.05) is 26.2 Å². The second kappa shape index (κ2) is 11.9. The Morgan fingerprint density at radius 3 is 2.34 bits per heavy atom. The topological polar surface area (TPSA) is 69.6 Å². The van der Waals surface area contributed by atoms with Crippen molar-refractivity contribution in [1.82, 2.24) is 4.90 Å². The van der Waals surface area contributed by atoms with Crippen LogP contribution in [0.25, 0.3) is 0 Å². The lowest BCUT2D eigenvalue weighted by molar-refractivity contribution is 0.0313. The molecule has 0 saturated carbocycles. The van der Waals surface area contributed by atoms with Crippen molar-refractivity contribution in [2.24, 2.45) is 0 Å². The van der Waals surface area contributed by atoms with Gasteiger partial charge in [-0.3, -0.25) is 4.90 Å². The van der Waals surface area contributed by atoms with E-state index in [4.69, 9.17) is 23.7 Å². The molecule has 1 N–H and O–H groups in total. The molecule has 0 spiro atoms. The van der Waals surface area contributed by atoms with Crippen molar-refractivity contribution in [1.29, 1.82) is 0 Å². The van der Waals surface area contributed by atoms with Gasteiger partial charge in [0.25, 0.3) is 0 Å². The normalized spacial score (nSPS) is 16.8. The molecular formula is C24H32FNO6. The molecule has 0 aliphatic carbocycles. The molecule has 8 heteroatoms. The first kappa shape index (κ1) is 24.1. The Kier molecular flexibility index (Phi) is 8.96. The summed E-state index contributed by atoms with van der Waals surface area (Å²) in [5.41, 5.74) is 0.962. The number of halogens is 1. The van der Waals surface area contributed by atoms with Crippen LogP contribution in [0.15, 0.2) is 36.4 Å². The average molecular weight is 450 g/mol. The first-order valence-corrected chi connectivity index (χ1v) is 10.7. The van der Waals surface area contributed by atoms with E-state index in [0.29, 0.717) is 42.6 Å². The molecular weight excluding hydrogens is 417 g/mol. The Morgan fingerprint density at radius 1 is 1.09 bits per heavy atom. The maximum absolute atomic E-state index is 13.1. The molecule has 0 bridgehead atoms. The Bertz CT molecular complexity index is 816. The largest absolute Gasteiger partial charge is 0.493 e. The highest BCUT2D eigenvalue weighted by Crippen LogP contribution is 2.38. The second-order valence-corrected chi connectivity index (χ2v) is 7.78. The molecule has 176 valence electrons. The summed E-state index contributed by atoms with van der Waals surface area (Å²) in [6.45, 7) is 2.49. The van der Waals surface area contributed by atoms with Crippen molar-refractivity contribution in [3.05, 3.63) is 47.8 Å². The van der Waals surface area contributed by atoms with Crippen LogP contribution in [0.1, 0.15) is 18.4 Å². The molecule has 1 fully saturated rings. The number of hydrogen-bond acceptors (Lipinski definition) is 7. The summed E-state index contributed by atoms with van der Waals surface area (Å²) in [5, 5.41) is 10.6. The van der Waals surface area contributed by atoms with E-state index < -0.39 is 6.10 Å². The van der Waals surface area contributed by atoms with Crippen molar-refractivity contribution in [2.45, 2.75) is 31.6 Å². The van der Waals surface area contributed by atoms with Gasteiger partial charge < -0.3 is 28.8 Å². The molecule has 2 atom stereocenters. The Hall–Kier alpha value is -2.55. The van der Waals surface area contributed by atoms with Crippen molar-refractivity contribution in [3.8, 4) is 23.0 Å². The number of aliphatic hydroxyl groups excluding tert-OH is 1. The van der Waals surface area contributed by atoms with Crippen LogP contribution in [-0.4, -0.2) is 69.8 Å². The number of nitrogens with zero attached hydrogens (tertiary/aromatic N) is 1. The molecule has 0 aromatic heterocycles. The average Bonchev–Trinajstić information content (AvgIpc) is 3.31. The molecule has 3 rings (SSSR count). The third kappa shape index (κ3) is 6.72. The van der Waals surface area contributed by atoms with Crippen LogP contribution in [0.2, 0.25) is 0 Å². The smallest absolute Gasteiger partial charge is 0.203 e. The lowest BCUT2D eigenvalue weighted by Crippen LogP contribution is -2.39. The molecule has 1 aliphatic rings. The zero-order valence-corrected chi connectivity index (χ0v) is 18.9. The van der Waals surface area contributed by atoms with Crippen molar-refractivity contribution in [2.75, 3.05) is 47.6 Å². The molecule has 1 aliphatic heterocycles. The van der Waals surface area contributed by atoms with E-state index in [1.165, 1.54) is 12.1 Å². The highest BCUT2D eigenvalue weighted by molar-refractivity contribution is 5.53. The van der Waals surface area contributed by atoms with Gasteiger partial charge in [-0.05, 0) is 54.8 Å². The maximum Gasteiger partial charge on any atom is 0.203 e. The summed E-state index contributed by atoms with van der Waals surface area (Å²) in [6.07, 6.45) is 1.43. The lowest BCUT2D eigenvalue weighted by Gasteiger charge is -2.28. The molecule has 7 nitrogen and oxygen atoms in total. The Morgan fingerprint density at radius 2 is 1.78 bits per heavy atom. The lowest BCUT2D eigenvalue weighted by atomic mass is 10.1. The van der Waals surface area contributed by atoms with Crippen LogP contribution in [-0.2, 0) is 11.3 Å². The molecule has 2 unspecified atom stereocenters. The fourth-order valence-corrected chi connectivity index (χ4v) is 3.84. The van der Waals surface area contributed by atoms with E-state index in [1.807, 2.05) is 12.1 Å². The zero-order chi connectivity index (χ0) is 22.9. The van der Waals surface area contributed by atoms with E-state index in [9.17, 15) is 9.50 Å². The second-order valence-electron chi connectivity index (χ2n) is 7.78. The molecule has 1 heterocycles. The van der Waals surface area contributed by atoms with Crippen molar-refractivity contribution in [3.63, 3.8) is 0 Å². The monoisotopic (exact) mass is 449 g/mol. The zero-order valence-electron chi connectivity index (χ0n) is 18.9. The van der Waals surface area contributed by atoms with Gasteiger partial charge >= 0.3 is 0 Å². The van der Waals surface area contributed by atoms with Gasteiger partial charge in [-0.1, -0.05) is 0 Å². The van der Waals surface area contributed by atoms with Crippen LogP contribution >= 0.6 is 0 Å². The molecule has 1 saturated heterocycles. The van der Waals surface area contributed by atoms with Crippen molar-refractivity contribution < 1.29 is 33.2 Å². The number of ether oxygens (including phenoxy) is 5. The van der Waals surface area contributed by atoms with Crippen LogP contribution in [0, 0.1) is 5.82 Å². The number of hydrogen-bond donors (Lipinski definition) is 1. The fourth-order valence-electron chi connectivity index (χ4n) is 3.84. The van der Waals surface area contributed by atoms with E-state index >= 15 is 0 Å². The van der Waals surface area contributed by atoms with Gasteiger partial charge in [0.05, 0.1) is 27.4 Å². The number of rotatable bonds is 12. The van der Waals surface area contributed by atoms with Crippen LogP contribution in [0.3, 0.4) is 0 Å². The summed E-state index contributed by atoms with van der Waals surface area (Å²) in [4.78, 5) is 2.13. The van der Waals surface area contributed by atoms with Gasteiger partial charge in [0.15, 0.2) is 11.5 Å². The van der Waals surface area contributed by atoms with Crippen molar-refractivity contribution >= 4 is 0 Å². The van der Waals surface area contributed by atoms with E-state index in [2.05, 4.69) is 4.90 Å². The highest BCUT2D eigenvalue weighted by atomic mass is 19.1. The maximum atomic E-state index is 13.1. The Labute approximate surface area is 188 Å². The first-order valence-electron chi connectivity index (χ1n) is 10.7. The number of methoxy groups -OCH3 is 3. The summed E-state index contributed by atoms with van der Waals surface area (Å²) in [5.74, 6) is 1.89. The van der Waals surface area contributed by atoms with Gasteiger partial charge in [-0.2, -0.15) is 0 Å². The standard InChI is InChI=1S/C24H32FNO6/c1-28-22-11-17(12-23(29-2)24(22)30-3)13-26(15-21-5-4-10-31-21)14-19(27)16-32-20-8-6-18(25)7-9-20/h6-9,11-12,19,21,27H,4-5,10,13-16H2,1-3H3. The molecule has 32 heavy (non-hydrogen) atoms. The predicted octanol–water partition coefficient (Wildman–Crippen LogP) is 3.27. The summed E-state index contributed by atoms with van der Waals surface area (Å²) < 4.78 is 40.8. The van der Waals surface area contributed by atoms with E-state index in [0.717, 1.165) is 25.0 Å². The van der Waals surface area contributed by atoms with E-state index in [-0.39, 0.29) is 18.5 Å². The van der Waals surface area contributed by atoms with Crippen LogP contribution in [0.5, 0.6) is 23.0 Å². The minimum absolute atomic E-state index is 0.100. The minimum atomic E-state index is -0.733. The van der Waals surface area contributed by atoms with Gasteiger partial charge in [0.1, 0.15) is 24.3 Å². The third-order valence-corrected chi connectivity index (χ3v) is 5.34. The van der Waals surface area contributed by atoms with Gasteiger partial charge in [0.2, 0.25) is 5.75 Å². The molecule has 2 aromatic carbocycles. The quantitative estimate of drug-likeness (QED) is 0.533. The molecule has 0 radical (unpaired) electrons. The minimum Gasteiger partial charge on any atom is -0.493 e. The van der Waals surface area contributed by atoms with Crippen LogP contribution in [0.4, 0.5) is 4.39 Å². The van der Waals surface area contributed by atoms with Gasteiger partial charge in [-0.25, -0.2) is 4.39 Å². The molecule has 0 amide bonds. The van der Waals surface area contributed by atoms with E-state index in [1.54, 1.807) is 33.5 Å².